The van der Waals surface area contributed by atoms with Crippen LogP contribution in [0.15, 0.2) is 35.7 Å². The van der Waals surface area contributed by atoms with Crippen molar-refractivity contribution in [2.75, 3.05) is 6.26 Å². The van der Waals surface area contributed by atoms with Crippen LogP contribution in [0.5, 0.6) is 0 Å². The van der Waals surface area contributed by atoms with Gasteiger partial charge in [-0.1, -0.05) is 30.3 Å². The second-order valence-electron chi connectivity index (χ2n) is 2.66. The Kier molecular flexibility index (Phi) is 3.49. The molecule has 0 atom stereocenters. The molecule has 0 saturated heterocycles. The van der Waals surface area contributed by atoms with E-state index in [1.54, 1.807) is 0 Å². The van der Waals surface area contributed by atoms with Gasteiger partial charge in [-0.05, 0) is 28.2 Å². The standard InChI is InChI=1S/C9H9IO2S/c1-13(11,12)7-9(10)8-5-3-2-4-6-8/h2-7H,1H3/b9-7+. The minimum Gasteiger partial charge on any atom is -0.225 e. The van der Waals surface area contributed by atoms with Crippen LogP contribution in [0, 0.1) is 0 Å². The lowest BCUT2D eigenvalue weighted by molar-refractivity contribution is 0.610. The molecule has 1 aromatic rings. The van der Waals surface area contributed by atoms with Crippen LogP contribution in [0.1, 0.15) is 5.56 Å². The number of hydrogen-bond donors (Lipinski definition) is 0. The van der Waals surface area contributed by atoms with Crippen molar-refractivity contribution < 1.29 is 8.42 Å². The summed E-state index contributed by atoms with van der Waals surface area (Å²) in [7, 11) is -3.04. The van der Waals surface area contributed by atoms with Crippen molar-refractivity contribution in [2.45, 2.75) is 0 Å². The van der Waals surface area contributed by atoms with Crippen molar-refractivity contribution in [3.63, 3.8) is 0 Å². The number of halogens is 1. The summed E-state index contributed by atoms with van der Waals surface area (Å²) < 4.78 is 22.6. The summed E-state index contributed by atoms with van der Waals surface area (Å²) in [4.78, 5) is 0. The van der Waals surface area contributed by atoms with Crippen molar-refractivity contribution in [3.05, 3.63) is 41.3 Å². The average molecular weight is 308 g/mol. The van der Waals surface area contributed by atoms with Crippen LogP contribution in [-0.4, -0.2) is 14.7 Å². The molecule has 0 aliphatic carbocycles. The number of hydrogen-bond acceptors (Lipinski definition) is 2. The first kappa shape index (κ1) is 10.7. The normalized spacial score (nSPS) is 12.9. The molecule has 0 N–H and O–H groups in total. The summed E-state index contributed by atoms with van der Waals surface area (Å²) in [6.45, 7) is 0. The molecule has 0 heterocycles. The highest BCUT2D eigenvalue weighted by atomic mass is 127. The molecular weight excluding hydrogens is 299 g/mol. The van der Waals surface area contributed by atoms with Gasteiger partial charge in [-0.3, -0.25) is 0 Å². The maximum absolute atomic E-state index is 10.9. The molecule has 0 amide bonds. The van der Waals surface area contributed by atoms with Gasteiger partial charge in [0, 0.05) is 15.2 Å². The molecule has 2 nitrogen and oxygen atoms in total. The van der Waals surface area contributed by atoms with E-state index in [4.69, 9.17) is 0 Å². The lowest BCUT2D eigenvalue weighted by Gasteiger charge is -1.97. The van der Waals surface area contributed by atoms with E-state index < -0.39 is 9.84 Å². The van der Waals surface area contributed by atoms with E-state index in [-0.39, 0.29) is 0 Å². The molecule has 0 fully saturated rings. The van der Waals surface area contributed by atoms with Gasteiger partial charge in [0.15, 0.2) is 9.84 Å². The number of benzene rings is 1. The number of rotatable bonds is 2. The zero-order valence-corrected chi connectivity index (χ0v) is 10.0. The summed E-state index contributed by atoms with van der Waals surface area (Å²) in [5.41, 5.74) is 0.925. The lowest BCUT2D eigenvalue weighted by atomic mass is 10.2. The van der Waals surface area contributed by atoms with E-state index in [2.05, 4.69) is 0 Å². The van der Waals surface area contributed by atoms with E-state index in [0.29, 0.717) is 0 Å². The predicted octanol–water partition coefficient (Wildman–Crippen LogP) is 2.46. The fraction of sp³-hybridized carbons (Fsp3) is 0.111. The molecule has 13 heavy (non-hydrogen) atoms. The van der Waals surface area contributed by atoms with Crippen LogP contribution in [0.3, 0.4) is 0 Å². The van der Waals surface area contributed by atoms with Crippen molar-refractivity contribution in [1.82, 2.24) is 0 Å². The zero-order valence-electron chi connectivity index (χ0n) is 7.07. The van der Waals surface area contributed by atoms with Crippen LogP contribution in [0.4, 0.5) is 0 Å². The molecule has 0 aliphatic heterocycles. The molecule has 0 aromatic heterocycles. The topological polar surface area (TPSA) is 34.1 Å². The smallest absolute Gasteiger partial charge is 0.169 e. The Morgan fingerprint density at radius 3 is 2.31 bits per heavy atom. The molecular formula is C9H9IO2S. The van der Waals surface area contributed by atoms with Crippen LogP contribution >= 0.6 is 22.6 Å². The predicted molar refractivity (Wildman–Crippen MR) is 63.3 cm³/mol. The van der Waals surface area contributed by atoms with Gasteiger partial charge in [0.1, 0.15) is 0 Å². The Hall–Kier alpha value is -0.360. The van der Waals surface area contributed by atoms with E-state index in [1.165, 1.54) is 11.7 Å². The first-order valence-corrected chi connectivity index (χ1v) is 6.65. The molecule has 70 valence electrons. The maximum Gasteiger partial charge on any atom is 0.169 e. The Labute approximate surface area is 91.7 Å². The molecule has 0 saturated carbocycles. The molecule has 0 spiro atoms. The van der Waals surface area contributed by atoms with Crippen LogP contribution in [0.25, 0.3) is 3.58 Å². The van der Waals surface area contributed by atoms with Crippen molar-refractivity contribution in [2.24, 2.45) is 0 Å². The average Bonchev–Trinajstić information content (AvgIpc) is 2.03. The second-order valence-corrected chi connectivity index (χ2v) is 5.72. The highest BCUT2D eigenvalue weighted by Gasteiger charge is 2.01. The Bertz CT molecular complexity index is 407. The first-order chi connectivity index (χ1) is 5.99. The van der Waals surface area contributed by atoms with Gasteiger partial charge in [-0.2, -0.15) is 0 Å². The van der Waals surface area contributed by atoms with Crippen molar-refractivity contribution in [3.8, 4) is 0 Å². The molecule has 0 radical (unpaired) electrons. The van der Waals surface area contributed by atoms with Gasteiger partial charge in [-0.25, -0.2) is 8.42 Å². The maximum atomic E-state index is 10.9. The fourth-order valence-corrected chi connectivity index (χ4v) is 3.11. The van der Waals surface area contributed by atoms with Crippen molar-refractivity contribution in [1.29, 1.82) is 0 Å². The quantitative estimate of drug-likeness (QED) is 0.787. The lowest BCUT2D eigenvalue weighted by Crippen LogP contribution is -1.89. The van der Waals surface area contributed by atoms with Gasteiger partial charge >= 0.3 is 0 Å². The molecule has 0 unspecified atom stereocenters. The minimum atomic E-state index is -3.04. The Morgan fingerprint density at radius 2 is 1.85 bits per heavy atom. The molecule has 1 rings (SSSR count). The highest BCUT2D eigenvalue weighted by molar-refractivity contribution is 14.1. The largest absolute Gasteiger partial charge is 0.225 e. The summed E-state index contributed by atoms with van der Waals surface area (Å²) in [5.74, 6) is 0. The third-order valence-electron chi connectivity index (χ3n) is 1.37. The van der Waals surface area contributed by atoms with Gasteiger partial charge < -0.3 is 0 Å². The van der Waals surface area contributed by atoms with Gasteiger partial charge in [0.25, 0.3) is 0 Å². The first-order valence-electron chi connectivity index (χ1n) is 3.62. The summed E-state index contributed by atoms with van der Waals surface area (Å²) in [5, 5.41) is 1.27. The zero-order chi connectivity index (χ0) is 9.90. The van der Waals surface area contributed by atoms with E-state index in [1.807, 2.05) is 52.9 Å². The van der Waals surface area contributed by atoms with Crippen LogP contribution < -0.4 is 0 Å². The summed E-state index contributed by atoms with van der Waals surface area (Å²) >= 11 is 2.01. The summed E-state index contributed by atoms with van der Waals surface area (Å²) in [6.07, 6.45) is 1.19. The second kappa shape index (κ2) is 4.23. The van der Waals surface area contributed by atoms with Crippen molar-refractivity contribution >= 4 is 36.0 Å². The third kappa shape index (κ3) is 3.91. The van der Waals surface area contributed by atoms with Gasteiger partial charge in [-0.15, -0.1) is 0 Å². The van der Waals surface area contributed by atoms with E-state index in [9.17, 15) is 8.42 Å². The highest BCUT2D eigenvalue weighted by Crippen LogP contribution is 2.21. The Balaban J connectivity index is 3.06. The third-order valence-corrected chi connectivity index (χ3v) is 3.39. The minimum absolute atomic E-state index is 0.737. The Morgan fingerprint density at radius 1 is 1.31 bits per heavy atom. The van der Waals surface area contributed by atoms with Crippen LogP contribution in [0.2, 0.25) is 0 Å². The SMILES string of the molecule is CS(=O)(=O)/C=C(/I)c1ccccc1. The van der Waals surface area contributed by atoms with E-state index in [0.717, 1.165) is 9.14 Å². The van der Waals surface area contributed by atoms with Gasteiger partial charge in [0.05, 0.1) is 0 Å². The van der Waals surface area contributed by atoms with Gasteiger partial charge in [0.2, 0.25) is 0 Å². The fourth-order valence-electron chi connectivity index (χ4n) is 0.853. The number of sulfone groups is 1. The van der Waals surface area contributed by atoms with Crippen LogP contribution in [-0.2, 0) is 9.84 Å². The van der Waals surface area contributed by atoms with E-state index >= 15 is 0 Å². The molecule has 0 aliphatic rings. The molecule has 4 heteroatoms. The summed E-state index contributed by atoms with van der Waals surface area (Å²) in [6, 6.07) is 9.41. The monoisotopic (exact) mass is 308 g/mol. The molecule has 0 bridgehead atoms. The molecule has 1 aromatic carbocycles.